The van der Waals surface area contributed by atoms with Crippen molar-refractivity contribution in [3.8, 4) is 0 Å². The molecule has 27 heavy (non-hydrogen) atoms. The van der Waals surface area contributed by atoms with Crippen molar-refractivity contribution in [2.45, 2.75) is 13.0 Å². The minimum absolute atomic E-state index is 0.0915. The number of aliphatic carboxylic acids is 1. The largest absolute Gasteiger partial charge is 0.480 e. The molecule has 0 saturated carbocycles. The average Bonchev–Trinajstić information content (AvgIpc) is 2.63. The summed E-state index contributed by atoms with van der Waals surface area (Å²) in [6.45, 7) is 1.33. The van der Waals surface area contributed by atoms with Gasteiger partial charge in [-0.1, -0.05) is 35.9 Å². The molecule has 1 atom stereocenters. The zero-order valence-corrected chi connectivity index (χ0v) is 16.5. The number of carboxylic acids is 1. The summed E-state index contributed by atoms with van der Waals surface area (Å²) in [5.41, 5.74) is 0.852. The van der Waals surface area contributed by atoms with Crippen molar-refractivity contribution in [1.82, 2.24) is 10.6 Å². The maximum absolute atomic E-state index is 12.5. The second-order valence-corrected chi connectivity index (χ2v) is 6.87. The first-order valence-corrected chi connectivity index (χ1v) is 9.02. The third-order valence-corrected chi connectivity index (χ3v) is 4.45. The molecule has 0 aliphatic heterocycles. The third kappa shape index (κ3) is 5.94. The Labute approximate surface area is 169 Å². The summed E-state index contributed by atoms with van der Waals surface area (Å²) in [6, 6.07) is 12.2. The van der Waals surface area contributed by atoms with Gasteiger partial charge in [-0.2, -0.15) is 0 Å². The molecule has 0 aliphatic carbocycles. The first kappa shape index (κ1) is 20.7. The summed E-state index contributed by atoms with van der Waals surface area (Å²) in [6.07, 6.45) is 1.44. The second kappa shape index (κ2) is 9.34. The van der Waals surface area contributed by atoms with Gasteiger partial charge in [0.15, 0.2) is 0 Å². The van der Waals surface area contributed by atoms with Gasteiger partial charge in [-0.3, -0.25) is 14.4 Å². The number of hydrogen-bond donors (Lipinski definition) is 3. The van der Waals surface area contributed by atoms with E-state index in [2.05, 4.69) is 26.6 Å². The van der Waals surface area contributed by atoms with Crippen LogP contribution in [-0.4, -0.2) is 28.9 Å². The molecule has 2 aromatic rings. The second-order valence-electron chi connectivity index (χ2n) is 5.58. The maximum atomic E-state index is 12.5. The zero-order valence-electron chi connectivity index (χ0n) is 14.2. The number of amides is 2. The number of rotatable bonds is 6. The Morgan fingerprint density at radius 3 is 2.33 bits per heavy atom. The van der Waals surface area contributed by atoms with Crippen LogP contribution in [0.2, 0.25) is 5.02 Å². The van der Waals surface area contributed by atoms with Crippen LogP contribution in [-0.2, 0) is 9.59 Å². The smallest absolute Gasteiger partial charge is 0.325 e. The zero-order chi connectivity index (χ0) is 20.0. The van der Waals surface area contributed by atoms with Gasteiger partial charge in [0.05, 0.1) is 5.56 Å². The van der Waals surface area contributed by atoms with Crippen LogP contribution in [0.5, 0.6) is 0 Å². The van der Waals surface area contributed by atoms with Crippen LogP contribution in [0.4, 0.5) is 0 Å². The summed E-state index contributed by atoms with van der Waals surface area (Å²) >= 11 is 9.14. The molecule has 8 heteroatoms. The molecular weight excluding hydrogens is 436 g/mol. The highest BCUT2D eigenvalue weighted by Crippen LogP contribution is 2.17. The predicted molar refractivity (Wildman–Crippen MR) is 106 cm³/mol. The lowest BCUT2D eigenvalue weighted by Gasteiger charge is -2.14. The molecule has 2 rings (SSSR count). The van der Waals surface area contributed by atoms with E-state index in [1.807, 2.05) is 0 Å². The molecule has 2 amide bonds. The molecule has 0 bridgehead atoms. The highest BCUT2D eigenvalue weighted by Gasteiger charge is 2.20. The van der Waals surface area contributed by atoms with Crippen LogP contribution in [0.1, 0.15) is 22.8 Å². The summed E-state index contributed by atoms with van der Waals surface area (Å²) in [5, 5.41) is 14.4. The third-order valence-electron chi connectivity index (χ3n) is 3.51. The fourth-order valence-corrected chi connectivity index (χ4v) is 2.65. The van der Waals surface area contributed by atoms with Crippen LogP contribution >= 0.6 is 27.5 Å². The van der Waals surface area contributed by atoms with Crippen LogP contribution < -0.4 is 10.6 Å². The molecule has 0 fully saturated rings. The van der Waals surface area contributed by atoms with E-state index in [-0.39, 0.29) is 5.70 Å². The molecule has 6 nitrogen and oxygen atoms in total. The average molecular weight is 452 g/mol. The number of hydrogen-bond acceptors (Lipinski definition) is 3. The Morgan fingerprint density at radius 1 is 1.11 bits per heavy atom. The van der Waals surface area contributed by atoms with Crippen molar-refractivity contribution in [2.75, 3.05) is 0 Å². The molecule has 2 aromatic carbocycles. The molecule has 0 heterocycles. The number of halogens is 2. The number of nitrogens with one attached hydrogen (secondary N) is 2. The Hall–Kier alpha value is -2.64. The van der Waals surface area contributed by atoms with E-state index in [9.17, 15) is 14.4 Å². The fourth-order valence-electron chi connectivity index (χ4n) is 2.06. The van der Waals surface area contributed by atoms with Gasteiger partial charge in [-0.25, -0.2) is 0 Å². The lowest BCUT2D eigenvalue weighted by molar-refractivity contribution is -0.140. The number of benzene rings is 2. The summed E-state index contributed by atoms with van der Waals surface area (Å²) in [7, 11) is 0. The first-order chi connectivity index (χ1) is 12.8. The van der Waals surface area contributed by atoms with E-state index < -0.39 is 23.8 Å². The van der Waals surface area contributed by atoms with Crippen molar-refractivity contribution >= 4 is 51.4 Å². The first-order valence-electron chi connectivity index (χ1n) is 7.84. The van der Waals surface area contributed by atoms with Crippen LogP contribution in [0.3, 0.4) is 0 Å². The Balaban J connectivity index is 2.32. The van der Waals surface area contributed by atoms with Crippen molar-refractivity contribution < 1.29 is 19.5 Å². The van der Waals surface area contributed by atoms with Gasteiger partial charge in [0.2, 0.25) is 0 Å². The van der Waals surface area contributed by atoms with Crippen molar-refractivity contribution in [3.63, 3.8) is 0 Å². The van der Waals surface area contributed by atoms with Gasteiger partial charge in [-0.15, -0.1) is 0 Å². The van der Waals surface area contributed by atoms with E-state index in [1.54, 1.807) is 48.5 Å². The molecular formula is C19H16BrClN2O4. The van der Waals surface area contributed by atoms with Crippen LogP contribution in [0, 0.1) is 0 Å². The highest BCUT2D eigenvalue weighted by atomic mass is 79.9. The summed E-state index contributed by atoms with van der Waals surface area (Å²) in [5.74, 6) is -2.42. The van der Waals surface area contributed by atoms with Gasteiger partial charge in [-0.05, 0) is 58.8 Å². The minimum Gasteiger partial charge on any atom is -0.480 e. The van der Waals surface area contributed by atoms with E-state index >= 15 is 0 Å². The van der Waals surface area contributed by atoms with Crippen LogP contribution in [0.25, 0.3) is 6.08 Å². The molecule has 3 N–H and O–H groups in total. The van der Waals surface area contributed by atoms with Crippen molar-refractivity contribution in [3.05, 3.63) is 74.9 Å². The van der Waals surface area contributed by atoms with Crippen LogP contribution in [0.15, 0.2) is 58.7 Å². The van der Waals surface area contributed by atoms with Gasteiger partial charge in [0.25, 0.3) is 11.8 Å². The molecule has 140 valence electrons. The Morgan fingerprint density at radius 2 is 1.74 bits per heavy atom. The standard InChI is InChI=1S/C19H16BrClN2O4/c1-11(19(26)27)22-18(25)16(10-12-6-8-13(21)9-7-12)23-17(24)14-4-2-3-5-15(14)20/h2-11H,1H3,(H,22,25)(H,23,24)(H,26,27)/b16-10-/t11-/m0/s1. The number of carbonyl (C=O) groups is 3. The topological polar surface area (TPSA) is 95.5 Å². The van der Waals surface area contributed by atoms with Gasteiger partial charge >= 0.3 is 5.97 Å². The molecule has 0 spiro atoms. The van der Waals surface area contributed by atoms with E-state index in [4.69, 9.17) is 16.7 Å². The Bertz CT molecular complexity index is 897. The lowest BCUT2D eigenvalue weighted by Crippen LogP contribution is -2.42. The van der Waals surface area contributed by atoms with E-state index in [0.29, 0.717) is 20.6 Å². The molecule has 0 saturated heterocycles. The molecule has 0 unspecified atom stereocenters. The molecule has 0 aliphatic rings. The highest BCUT2D eigenvalue weighted by molar-refractivity contribution is 9.10. The lowest BCUT2D eigenvalue weighted by atomic mass is 10.1. The van der Waals surface area contributed by atoms with Crippen molar-refractivity contribution in [1.29, 1.82) is 0 Å². The summed E-state index contributed by atoms with van der Waals surface area (Å²) < 4.78 is 0.563. The quantitative estimate of drug-likeness (QED) is 0.586. The fraction of sp³-hybridized carbons (Fsp3) is 0.105. The number of carboxylic acid groups (broad SMARTS) is 1. The van der Waals surface area contributed by atoms with Gasteiger partial charge < -0.3 is 15.7 Å². The van der Waals surface area contributed by atoms with E-state index in [1.165, 1.54) is 13.0 Å². The molecule has 0 radical (unpaired) electrons. The monoisotopic (exact) mass is 450 g/mol. The van der Waals surface area contributed by atoms with Gasteiger partial charge in [0, 0.05) is 9.50 Å². The Kier molecular flexibility index (Phi) is 7.15. The predicted octanol–water partition coefficient (Wildman–Crippen LogP) is 3.46. The normalized spacial score (nSPS) is 12.2. The number of carbonyl (C=O) groups excluding carboxylic acids is 2. The molecule has 0 aromatic heterocycles. The van der Waals surface area contributed by atoms with Crippen molar-refractivity contribution in [2.24, 2.45) is 0 Å². The van der Waals surface area contributed by atoms with Gasteiger partial charge in [0.1, 0.15) is 11.7 Å². The maximum Gasteiger partial charge on any atom is 0.325 e. The van der Waals surface area contributed by atoms with E-state index in [0.717, 1.165) is 0 Å². The minimum atomic E-state index is -1.19. The SMILES string of the molecule is C[C@H](NC(=O)/C(=C/c1ccc(Cl)cc1)NC(=O)c1ccccc1Br)C(=O)O. The summed E-state index contributed by atoms with van der Waals surface area (Å²) in [4.78, 5) is 36.0.